The Bertz CT molecular complexity index is 144. The largest absolute Gasteiger partial charge is 0.330 e. The van der Waals surface area contributed by atoms with E-state index in [2.05, 4.69) is 29.1 Å². The third kappa shape index (κ3) is 10.7. The molecule has 0 aromatic rings. The lowest BCUT2D eigenvalue weighted by molar-refractivity contribution is 0.223. The molecule has 0 atom stereocenters. The molecular formula is C13H32N4. The van der Waals surface area contributed by atoms with Crippen molar-refractivity contribution in [2.24, 2.45) is 5.73 Å². The van der Waals surface area contributed by atoms with Crippen LogP contribution in [0.4, 0.5) is 0 Å². The van der Waals surface area contributed by atoms with Gasteiger partial charge in [0.2, 0.25) is 0 Å². The smallest absolute Gasteiger partial charge is 0.0110 e. The van der Waals surface area contributed by atoms with Crippen LogP contribution in [-0.2, 0) is 0 Å². The van der Waals surface area contributed by atoms with Gasteiger partial charge in [-0.3, -0.25) is 0 Å². The molecule has 0 aliphatic rings. The van der Waals surface area contributed by atoms with Gasteiger partial charge in [0.1, 0.15) is 0 Å². The molecule has 0 aromatic carbocycles. The van der Waals surface area contributed by atoms with Crippen LogP contribution in [0.3, 0.4) is 0 Å². The zero-order valence-corrected chi connectivity index (χ0v) is 12.0. The van der Waals surface area contributed by atoms with Gasteiger partial charge < -0.3 is 20.9 Å². The first-order valence-corrected chi connectivity index (χ1v) is 7.00. The standard InChI is InChI=1S/C13H32N4/c1-4-5-10-17(11-8-15-2)13-12-16(3)9-6-7-14/h15H,4-14H2,1-3H3. The van der Waals surface area contributed by atoms with E-state index in [-0.39, 0.29) is 0 Å². The van der Waals surface area contributed by atoms with Crippen LogP contribution in [0.25, 0.3) is 0 Å². The maximum Gasteiger partial charge on any atom is 0.0110 e. The van der Waals surface area contributed by atoms with E-state index in [4.69, 9.17) is 5.73 Å². The van der Waals surface area contributed by atoms with Crippen LogP contribution >= 0.6 is 0 Å². The Labute approximate surface area is 108 Å². The highest BCUT2D eigenvalue weighted by atomic mass is 15.2. The molecule has 3 N–H and O–H groups in total. The average Bonchev–Trinajstić information content (AvgIpc) is 2.35. The maximum absolute atomic E-state index is 5.52. The average molecular weight is 244 g/mol. The summed E-state index contributed by atoms with van der Waals surface area (Å²) in [6.45, 7) is 9.94. The van der Waals surface area contributed by atoms with Gasteiger partial charge in [0.25, 0.3) is 0 Å². The number of nitrogens with one attached hydrogen (secondary N) is 1. The summed E-state index contributed by atoms with van der Waals surface area (Å²) in [5.74, 6) is 0. The van der Waals surface area contributed by atoms with E-state index < -0.39 is 0 Å². The highest BCUT2D eigenvalue weighted by Crippen LogP contribution is 1.96. The van der Waals surface area contributed by atoms with Crippen molar-refractivity contribution in [3.63, 3.8) is 0 Å². The van der Waals surface area contributed by atoms with Gasteiger partial charge in [-0.05, 0) is 46.6 Å². The lowest BCUT2D eigenvalue weighted by Crippen LogP contribution is -2.38. The van der Waals surface area contributed by atoms with Crippen LogP contribution in [0.1, 0.15) is 26.2 Å². The van der Waals surface area contributed by atoms with Gasteiger partial charge in [0.05, 0.1) is 0 Å². The van der Waals surface area contributed by atoms with Crippen molar-refractivity contribution in [3.05, 3.63) is 0 Å². The molecular weight excluding hydrogens is 212 g/mol. The molecule has 0 fully saturated rings. The predicted octanol–water partition coefficient (Wildman–Crippen LogP) is 0.589. The minimum Gasteiger partial charge on any atom is -0.330 e. The van der Waals surface area contributed by atoms with Crippen molar-refractivity contribution < 1.29 is 0 Å². The SMILES string of the molecule is CCCCN(CCNC)CCN(C)CCCN. The molecule has 4 nitrogen and oxygen atoms in total. The Morgan fingerprint density at radius 3 is 2.35 bits per heavy atom. The van der Waals surface area contributed by atoms with Gasteiger partial charge >= 0.3 is 0 Å². The van der Waals surface area contributed by atoms with Crippen molar-refractivity contribution in [1.82, 2.24) is 15.1 Å². The Morgan fingerprint density at radius 2 is 1.76 bits per heavy atom. The Morgan fingerprint density at radius 1 is 1.00 bits per heavy atom. The quantitative estimate of drug-likeness (QED) is 0.527. The Balaban J connectivity index is 3.71. The summed E-state index contributed by atoms with van der Waals surface area (Å²) in [4.78, 5) is 4.93. The summed E-state index contributed by atoms with van der Waals surface area (Å²) in [5, 5.41) is 3.22. The monoisotopic (exact) mass is 244 g/mol. The molecule has 0 aliphatic carbocycles. The number of nitrogens with zero attached hydrogens (tertiary/aromatic N) is 2. The van der Waals surface area contributed by atoms with Crippen molar-refractivity contribution in [2.75, 3.05) is 59.9 Å². The van der Waals surface area contributed by atoms with E-state index in [0.29, 0.717) is 0 Å². The van der Waals surface area contributed by atoms with Crippen LogP contribution in [0, 0.1) is 0 Å². The first-order chi connectivity index (χ1) is 8.24. The van der Waals surface area contributed by atoms with Gasteiger partial charge in [-0.1, -0.05) is 13.3 Å². The fourth-order valence-electron chi connectivity index (χ4n) is 1.77. The maximum atomic E-state index is 5.52. The van der Waals surface area contributed by atoms with E-state index in [1.807, 2.05) is 7.05 Å². The van der Waals surface area contributed by atoms with Crippen molar-refractivity contribution in [3.8, 4) is 0 Å². The lowest BCUT2D eigenvalue weighted by atomic mass is 10.3. The van der Waals surface area contributed by atoms with Crippen LogP contribution in [0.5, 0.6) is 0 Å². The second-order valence-electron chi connectivity index (χ2n) is 4.74. The second-order valence-corrected chi connectivity index (χ2v) is 4.74. The first kappa shape index (κ1) is 16.8. The molecule has 0 aromatic heterocycles. The zero-order chi connectivity index (χ0) is 12.9. The molecule has 0 rings (SSSR count). The summed E-state index contributed by atoms with van der Waals surface area (Å²) in [6, 6.07) is 0. The van der Waals surface area contributed by atoms with Crippen LogP contribution < -0.4 is 11.1 Å². The summed E-state index contributed by atoms with van der Waals surface area (Å²) >= 11 is 0. The van der Waals surface area contributed by atoms with E-state index in [0.717, 1.165) is 39.1 Å². The third-order valence-electron chi connectivity index (χ3n) is 3.05. The van der Waals surface area contributed by atoms with E-state index >= 15 is 0 Å². The molecule has 0 aliphatic heterocycles. The Hall–Kier alpha value is -0.160. The molecule has 0 bridgehead atoms. The molecule has 104 valence electrons. The molecule has 0 amide bonds. The number of nitrogens with two attached hydrogens (primary N) is 1. The molecule has 17 heavy (non-hydrogen) atoms. The zero-order valence-electron chi connectivity index (χ0n) is 12.0. The molecule has 0 saturated heterocycles. The van der Waals surface area contributed by atoms with Gasteiger partial charge in [-0.25, -0.2) is 0 Å². The van der Waals surface area contributed by atoms with Crippen LogP contribution in [0.2, 0.25) is 0 Å². The summed E-state index contributed by atoms with van der Waals surface area (Å²) in [7, 11) is 4.21. The topological polar surface area (TPSA) is 44.5 Å². The number of hydrogen-bond donors (Lipinski definition) is 2. The van der Waals surface area contributed by atoms with Gasteiger partial charge in [0, 0.05) is 26.2 Å². The minimum atomic E-state index is 0.795. The Kier molecular flexibility index (Phi) is 12.2. The summed E-state index contributed by atoms with van der Waals surface area (Å²) in [6.07, 6.45) is 3.68. The summed E-state index contributed by atoms with van der Waals surface area (Å²) in [5.41, 5.74) is 5.52. The van der Waals surface area contributed by atoms with E-state index in [1.165, 1.54) is 25.9 Å². The van der Waals surface area contributed by atoms with Crippen molar-refractivity contribution in [2.45, 2.75) is 26.2 Å². The third-order valence-corrected chi connectivity index (χ3v) is 3.05. The van der Waals surface area contributed by atoms with E-state index in [1.54, 1.807) is 0 Å². The fourth-order valence-corrected chi connectivity index (χ4v) is 1.77. The number of likely N-dealkylation sites (N-methyl/N-ethyl adjacent to an activating group) is 2. The van der Waals surface area contributed by atoms with Gasteiger partial charge in [-0.2, -0.15) is 0 Å². The normalized spacial score (nSPS) is 11.6. The van der Waals surface area contributed by atoms with Gasteiger partial charge in [-0.15, -0.1) is 0 Å². The predicted molar refractivity (Wildman–Crippen MR) is 76.4 cm³/mol. The van der Waals surface area contributed by atoms with Crippen molar-refractivity contribution >= 4 is 0 Å². The van der Waals surface area contributed by atoms with Crippen molar-refractivity contribution in [1.29, 1.82) is 0 Å². The highest BCUT2D eigenvalue weighted by molar-refractivity contribution is 4.62. The van der Waals surface area contributed by atoms with E-state index in [9.17, 15) is 0 Å². The lowest BCUT2D eigenvalue weighted by Gasteiger charge is -2.25. The van der Waals surface area contributed by atoms with Crippen LogP contribution in [-0.4, -0.2) is 69.7 Å². The molecule has 0 radical (unpaired) electrons. The number of rotatable bonds is 12. The van der Waals surface area contributed by atoms with Crippen LogP contribution in [0.15, 0.2) is 0 Å². The molecule has 0 unspecified atom stereocenters. The fraction of sp³-hybridized carbons (Fsp3) is 1.00. The number of unbranched alkanes of at least 4 members (excludes halogenated alkanes) is 1. The number of hydrogen-bond acceptors (Lipinski definition) is 4. The molecule has 0 saturated carbocycles. The first-order valence-electron chi connectivity index (χ1n) is 7.00. The molecule has 0 spiro atoms. The summed E-state index contributed by atoms with van der Waals surface area (Å²) < 4.78 is 0. The minimum absolute atomic E-state index is 0.795. The molecule has 4 heteroatoms. The molecule has 0 heterocycles. The highest BCUT2D eigenvalue weighted by Gasteiger charge is 2.05. The second kappa shape index (κ2) is 12.3. The van der Waals surface area contributed by atoms with Gasteiger partial charge in [0.15, 0.2) is 0 Å².